The van der Waals surface area contributed by atoms with Gasteiger partial charge in [-0.15, -0.1) is 0 Å². The largest absolute Gasteiger partial charge is 0.383 e. The number of piperidine rings is 1. The van der Waals surface area contributed by atoms with Crippen LogP contribution in [0.4, 0.5) is 0 Å². The number of nitrogens with one attached hydrogen (secondary N) is 1. The average molecular weight is 257 g/mol. The van der Waals surface area contributed by atoms with Crippen LogP contribution in [0.3, 0.4) is 0 Å². The summed E-state index contributed by atoms with van der Waals surface area (Å²) in [6.45, 7) is 7.60. The van der Waals surface area contributed by atoms with Gasteiger partial charge in [-0.3, -0.25) is 0 Å². The molecule has 1 saturated heterocycles. The minimum Gasteiger partial charge on any atom is -0.383 e. The lowest BCUT2D eigenvalue weighted by Crippen LogP contribution is -2.50. The first-order valence-electron chi connectivity index (χ1n) is 7.28. The molecular weight excluding hydrogens is 226 g/mol. The summed E-state index contributed by atoms with van der Waals surface area (Å²) in [5.74, 6) is 0. The number of hydrogen-bond acceptors (Lipinski definition) is 4. The molecule has 1 aliphatic rings. The van der Waals surface area contributed by atoms with Gasteiger partial charge in [0.25, 0.3) is 0 Å². The average Bonchev–Trinajstić information content (AvgIpc) is 2.36. The number of methoxy groups -OCH3 is 1. The molecule has 108 valence electrons. The van der Waals surface area contributed by atoms with Gasteiger partial charge in [0, 0.05) is 32.3 Å². The molecular formula is C14H31N3O. The Kier molecular flexibility index (Phi) is 7.82. The van der Waals surface area contributed by atoms with Crippen LogP contribution in [-0.2, 0) is 4.74 Å². The molecule has 2 unspecified atom stereocenters. The molecule has 0 aromatic heterocycles. The number of hydrogen-bond donors (Lipinski definition) is 1. The summed E-state index contributed by atoms with van der Waals surface area (Å²) < 4.78 is 5.31. The third-order valence-corrected chi connectivity index (χ3v) is 3.78. The number of likely N-dealkylation sites (tertiary alicyclic amines) is 1. The van der Waals surface area contributed by atoms with E-state index in [1.54, 1.807) is 7.11 Å². The van der Waals surface area contributed by atoms with Crippen molar-refractivity contribution in [2.24, 2.45) is 0 Å². The van der Waals surface area contributed by atoms with Crippen molar-refractivity contribution >= 4 is 0 Å². The zero-order chi connectivity index (χ0) is 13.4. The summed E-state index contributed by atoms with van der Waals surface area (Å²) in [6, 6.07) is 1.15. The first kappa shape index (κ1) is 15.9. The molecule has 0 radical (unpaired) electrons. The minimum atomic E-state index is 0.451. The van der Waals surface area contributed by atoms with Crippen molar-refractivity contribution in [2.75, 3.05) is 54.0 Å². The molecule has 1 aliphatic heterocycles. The van der Waals surface area contributed by atoms with E-state index < -0.39 is 0 Å². The van der Waals surface area contributed by atoms with Crippen LogP contribution in [-0.4, -0.2) is 75.9 Å². The minimum absolute atomic E-state index is 0.451. The lowest BCUT2D eigenvalue weighted by atomic mass is 10.0. The maximum atomic E-state index is 5.31. The summed E-state index contributed by atoms with van der Waals surface area (Å²) in [5, 5.41) is 3.57. The molecule has 0 aromatic rings. The molecule has 2 atom stereocenters. The van der Waals surface area contributed by atoms with Crippen molar-refractivity contribution in [3.63, 3.8) is 0 Å². The summed E-state index contributed by atoms with van der Waals surface area (Å²) in [7, 11) is 6.26. The molecule has 0 spiro atoms. The molecule has 0 amide bonds. The third kappa shape index (κ3) is 5.65. The lowest BCUT2D eigenvalue weighted by Gasteiger charge is -2.37. The summed E-state index contributed by atoms with van der Waals surface area (Å²) in [6.07, 6.45) is 3.83. The topological polar surface area (TPSA) is 27.7 Å². The Morgan fingerprint density at radius 2 is 2.28 bits per heavy atom. The molecule has 0 aliphatic carbocycles. The van der Waals surface area contributed by atoms with Crippen LogP contribution in [0.25, 0.3) is 0 Å². The van der Waals surface area contributed by atoms with Crippen molar-refractivity contribution in [1.82, 2.24) is 15.1 Å². The normalized spacial score (nSPS) is 23.5. The maximum absolute atomic E-state index is 5.31. The Hall–Kier alpha value is -0.160. The van der Waals surface area contributed by atoms with E-state index in [2.05, 4.69) is 36.1 Å². The molecule has 1 rings (SSSR count). The second-order valence-corrected chi connectivity index (χ2v) is 5.60. The Morgan fingerprint density at radius 3 is 2.89 bits per heavy atom. The summed E-state index contributed by atoms with van der Waals surface area (Å²) >= 11 is 0. The van der Waals surface area contributed by atoms with Crippen molar-refractivity contribution in [3.05, 3.63) is 0 Å². The van der Waals surface area contributed by atoms with Gasteiger partial charge >= 0.3 is 0 Å². The van der Waals surface area contributed by atoms with Crippen LogP contribution in [0.2, 0.25) is 0 Å². The summed E-state index contributed by atoms with van der Waals surface area (Å²) in [5.41, 5.74) is 0. The molecule has 4 nitrogen and oxygen atoms in total. The number of ether oxygens (including phenoxy) is 1. The molecule has 18 heavy (non-hydrogen) atoms. The van der Waals surface area contributed by atoms with Crippen molar-refractivity contribution in [2.45, 2.75) is 38.3 Å². The van der Waals surface area contributed by atoms with Gasteiger partial charge in [-0.2, -0.15) is 0 Å². The Balaban J connectivity index is 2.36. The second-order valence-electron chi connectivity index (χ2n) is 5.60. The number of likely N-dealkylation sites (N-methyl/N-ethyl adjacent to an activating group) is 2. The molecule has 0 aromatic carbocycles. The van der Waals surface area contributed by atoms with E-state index in [4.69, 9.17) is 4.74 Å². The van der Waals surface area contributed by atoms with Crippen LogP contribution in [0, 0.1) is 0 Å². The molecule has 0 saturated carbocycles. The Bertz CT molecular complexity index is 213. The van der Waals surface area contributed by atoms with Crippen molar-refractivity contribution in [3.8, 4) is 0 Å². The predicted molar refractivity (Wildman–Crippen MR) is 77.1 cm³/mol. The van der Waals surface area contributed by atoms with Crippen LogP contribution < -0.4 is 5.32 Å². The van der Waals surface area contributed by atoms with Crippen molar-refractivity contribution < 1.29 is 4.74 Å². The number of rotatable bonds is 8. The van der Waals surface area contributed by atoms with Gasteiger partial charge < -0.3 is 19.9 Å². The lowest BCUT2D eigenvalue weighted by molar-refractivity contribution is 0.0997. The summed E-state index contributed by atoms with van der Waals surface area (Å²) in [4.78, 5) is 4.94. The monoisotopic (exact) mass is 257 g/mol. The van der Waals surface area contributed by atoms with E-state index in [0.717, 1.165) is 19.7 Å². The van der Waals surface area contributed by atoms with Crippen molar-refractivity contribution in [1.29, 1.82) is 0 Å². The van der Waals surface area contributed by atoms with Crippen LogP contribution in [0.5, 0.6) is 0 Å². The molecule has 0 bridgehead atoms. The van der Waals surface area contributed by atoms with Gasteiger partial charge in [0.15, 0.2) is 0 Å². The van der Waals surface area contributed by atoms with Gasteiger partial charge in [0.1, 0.15) is 0 Å². The molecule has 1 fully saturated rings. The standard InChI is InChI=1S/C14H31N3O/c1-5-8-15-13(12-18-4)10-17(3)14-7-6-9-16(2)11-14/h13-15H,5-12H2,1-4H3. The van der Waals surface area contributed by atoms with Crippen LogP contribution in [0.1, 0.15) is 26.2 Å². The van der Waals surface area contributed by atoms with E-state index in [0.29, 0.717) is 12.1 Å². The van der Waals surface area contributed by atoms with Gasteiger partial charge in [0.2, 0.25) is 0 Å². The Labute approximate surface area is 113 Å². The number of nitrogens with zero attached hydrogens (tertiary/aromatic N) is 2. The third-order valence-electron chi connectivity index (χ3n) is 3.78. The maximum Gasteiger partial charge on any atom is 0.0628 e. The van der Waals surface area contributed by atoms with Gasteiger partial charge in [-0.25, -0.2) is 0 Å². The van der Waals surface area contributed by atoms with E-state index >= 15 is 0 Å². The smallest absolute Gasteiger partial charge is 0.0628 e. The first-order chi connectivity index (χ1) is 8.67. The van der Waals surface area contributed by atoms with E-state index in [1.807, 2.05) is 0 Å². The highest BCUT2D eigenvalue weighted by Crippen LogP contribution is 2.13. The first-order valence-corrected chi connectivity index (χ1v) is 7.28. The second kappa shape index (κ2) is 8.86. The molecule has 1 heterocycles. The zero-order valence-corrected chi connectivity index (χ0v) is 12.6. The molecule has 1 N–H and O–H groups in total. The molecule has 4 heteroatoms. The Morgan fingerprint density at radius 1 is 1.50 bits per heavy atom. The fourth-order valence-corrected chi connectivity index (χ4v) is 2.72. The van der Waals surface area contributed by atoms with E-state index in [-0.39, 0.29) is 0 Å². The zero-order valence-electron chi connectivity index (χ0n) is 12.6. The van der Waals surface area contributed by atoms with Crippen LogP contribution in [0.15, 0.2) is 0 Å². The fraction of sp³-hybridized carbons (Fsp3) is 1.00. The quantitative estimate of drug-likeness (QED) is 0.703. The van der Waals surface area contributed by atoms with E-state index in [9.17, 15) is 0 Å². The van der Waals surface area contributed by atoms with Gasteiger partial charge in [0.05, 0.1) is 6.61 Å². The van der Waals surface area contributed by atoms with Gasteiger partial charge in [-0.05, 0) is 46.4 Å². The highest BCUT2D eigenvalue weighted by atomic mass is 16.5. The SMILES string of the molecule is CCCNC(COC)CN(C)C1CCCN(C)C1. The van der Waals surface area contributed by atoms with Gasteiger partial charge in [-0.1, -0.05) is 6.92 Å². The predicted octanol–water partition coefficient (Wildman–Crippen LogP) is 1.03. The fourth-order valence-electron chi connectivity index (χ4n) is 2.72. The van der Waals surface area contributed by atoms with E-state index in [1.165, 1.54) is 32.4 Å². The van der Waals surface area contributed by atoms with Crippen LogP contribution >= 0.6 is 0 Å². The highest BCUT2D eigenvalue weighted by Gasteiger charge is 2.22. The highest BCUT2D eigenvalue weighted by molar-refractivity contribution is 4.80.